The first kappa shape index (κ1) is 32.9. The van der Waals surface area contributed by atoms with Crippen molar-refractivity contribution in [1.82, 2.24) is 16.0 Å². The third-order valence-electron chi connectivity index (χ3n) is 5.02. The van der Waals surface area contributed by atoms with Crippen LogP contribution in [0.1, 0.15) is 58.3 Å². The number of ketones is 1. The van der Waals surface area contributed by atoms with Gasteiger partial charge in [-0.2, -0.15) is 0 Å². The summed E-state index contributed by atoms with van der Waals surface area (Å²) in [6.07, 6.45) is -3.52. The van der Waals surface area contributed by atoms with E-state index in [0.29, 0.717) is 0 Å². The van der Waals surface area contributed by atoms with Crippen LogP contribution < -0.4 is 21.7 Å². The Morgan fingerprint density at radius 3 is 1.19 bits per heavy atom. The van der Waals surface area contributed by atoms with Gasteiger partial charge in [-0.15, -0.1) is 0 Å². The predicted molar refractivity (Wildman–Crippen MR) is 122 cm³/mol. The van der Waals surface area contributed by atoms with Crippen molar-refractivity contribution in [3.05, 3.63) is 0 Å². The predicted octanol–water partition coefficient (Wildman–Crippen LogP) is -2.18. The van der Waals surface area contributed by atoms with Crippen LogP contribution in [0.4, 0.5) is 0 Å². The molecule has 0 aliphatic carbocycles. The number of Topliss-reactive ketones (excluding diaryl/α,β-unsaturated/α-hetero) is 1. The number of carbonyl (C=O) groups is 8. The van der Waals surface area contributed by atoms with Crippen molar-refractivity contribution in [3.8, 4) is 0 Å². The second-order valence-corrected chi connectivity index (χ2v) is 8.13. The minimum atomic E-state index is -1.54. The molecule has 0 heterocycles. The van der Waals surface area contributed by atoms with Crippen molar-refractivity contribution in [2.24, 2.45) is 5.73 Å². The number of hydrogen-bond acceptors (Lipinski definition) is 9. The zero-order valence-corrected chi connectivity index (χ0v) is 20.1. The van der Waals surface area contributed by atoms with Gasteiger partial charge in [0, 0.05) is 25.7 Å². The van der Waals surface area contributed by atoms with Gasteiger partial charge in [0.15, 0.2) is 5.78 Å². The lowest BCUT2D eigenvalue weighted by Crippen LogP contribution is -2.57. The molecule has 0 rings (SSSR count). The number of carboxylic acids is 4. The molecule has 0 fully saturated rings. The number of amides is 3. The summed E-state index contributed by atoms with van der Waals surface area (Å²) >= 11 is 0. The molecule has 0 aliphatic heterocycles. The molecule has 0 aliphatic rings. The quantitative estimate of drug-likeness (QED) is 0.0879. The molecule has 0 radical (unpaired) electrons. The fraction of sp³-hybridized carbons (Fsp3) is 0.619. The Morgan fingerprint density at radius 1 is 0.541 bits per heavy atom. The van der Waals surface area contributed by atoms with E-state index in [4.69, 9.17) is 26.2 Å². The molecule has 3 amide bonds. The molecule has 0 saturated heterocycles. The summed E-state index contributed by atoms with van der Waals surface area (Å²) in [5.74, 6) is -8.68. The van der Waals surface area contributed by atoms with Gasteiger partial charge in [0.25, 0.3) is 0 Å². The van der Waals surface area contributed by atoms with Crippen LogP contribution in [0.3, 0.4) is 0 Å². The van der Waals surface area contributed by atoms with Crippen LogP contribution in [0, 0.1) is 0 Å². The van der Waals surface area contributed by atoms with Gasteiger partial charge in [-0.3, -0.25) is 38.4 Å². The molecule has 0 aromatic heterocycles. The first-order valence-electron chi connectivity index (χ1n) is 11.2. The summed E-state index contributed by atoms with van der Waals surface area (Å²) in [6, 6.07) is -5.65. The van der Waals surface area contributed by atoms with Crippen molar-refractivity contribution >= 4 is 47.4 Å². The largest absolute Gasteiger partial charge is 0.481 e. The zero-order chi connectivity index (χ0) is 28.7. The summed E-state index contributed by atoms with van der Waals surface area (Å²) in [5, 5.41) is 42.1. The lowest BCUT2D eigenvalue weighted by molar-refractivity contribution is -0.140. The van der Waals surface area contributed by atoms with Gasteiger partial charge in [0.05, 0.1) is 12.1 Å². The highest BCUT2D eigenvalue weighted by Gasteiger charge is 2.30. The third-order valence-corrected chi connectivity index (χ3v) is 5.02. The monoisotopic (exact) mass is 532 g/mol. The van der Waals surface area contributed by atoms with Crippen LogP contribution in [-0.4, -0.2) is 92.0 Å². The van der Waals surface area contributed by atoms with E-state index in [0.717, 1.165) is 6.92 Å². The highest BCUT2D eigenvalue weighted by atomic mass is 16.4. The molecule has 208 valence electrons. The van der Waals surface area contributed by atoms with E-state index < -0.39 is 110 Å². The Labute approximate surface area is 210 Å². The molecule has 9 N–H and O–H groups in total. The number of carboxylic acid groups (broad SMARTS) is 4. The van der Waals surface area contributed by atoms with Crippen molar-refractivity contribution in [2.45, 2.75) is 82.5 Å². The molecule has 0 bridgehead atoms. The highest BCUT2D eigenvalue weighted by Crippen LogP contribution is 2.06. The van der Waals surface area contributed by atoms with Gasteiger partial charge in [-0.25, -0.2) is 0 Å². The molecule has 16 nitrogen and oxygen atoms in total. The third kappa shape index (κ3) is 14.8. The van der Waals surface area contributed by atoms with Crippen LogP contribution in [0.2, 0.25) is 0 Å². The summed E-state index contributed by atoms with van der Waals surface area (Å²) in [6.45, 7) is 1.10. The van der Waals surface area contributed by atoms with E-state index in [-0.39, 0.29) is 12.8 Å². The van der Waals surface area contributed by atoms with Gasteiger partial charge in [0.2, 0.25) is 17.7 Å². The smallest absolute Gasteiger partial charge is 0.303 e. The van der Waals surface area contributed by atoms with E-state index >= 15 is 0 Å². The van der Waals surface area contributed by atoms with Crippen LogP contribution in [0.5, 0.6) is 0 Å². The molecule has 0 saturated carbocycles. The fourth-order valence-electron chi connectivity index (χ4n) is 2.95. The van der Waals surface area contributed by atoms with E-state index in [1.165, 1.54) is 0 Å². The first-order valence-corrected chi connectivity index (χ1v) is 11.2. The maximum absolute atomic E-state index is 12.8. The van der Waals surface area contributed by atoms with Crippen LogP contribution in [0.15, 0.2) is 0 Å². The lowest BCUT2D eigenvalue weighted by Gasteiger charge is -2.25. The lowest BCUT2D eigenvalue weighted by atomic mass is 10.0. The molecular formula is C21H32N4O12. The average Bonchev–Trinajstić information content (AvgIpc) is 2.79. The van der Waals surface area contributed by atoms with Gasteiger partial charge < -0.3 is 42.1 Å². The number of rotatable bonds is 19. The van der Waals surface area contributed by atoms with Crippen LogP contribution >= 0.6 is 0 Å². The summed E-state index contributed by atoms with van der Waals surface area (Å²) < 4.78 is 0. The summed E-state index contributed by atoms with van der Waals surface area (Å²) in [5.41, 5.74) is 5.61. The number of nitrogens with two attached hydrogens (primary N) is 1. The topological polar surface area (TPSA) is 280 Å². The zero-order valence-electron chi connectivity index (χ0n) is 20.1. The number of aliphatic carboxylic acids is 4. The molecule has 0 spiro atoms. The Kier molecular flexibility index (Phi) is 14.7. The molecule has 16 heteroatoms. The molecule has 0 aromatic rings. The van der Waals surface area contributed by atoms with Crippen molar-refractivity contribution in [3.63, 3.8) is 0 Å². The van der Waals surface area contributed by atoms with E-state index in [1.54, 1.807) is 0 Å². The normalized spacial score (nSPS) is 13.8. The van der Waals surface area contributed by atoms with E-state index in [9.17, 15) is 38.4 Å². The van der Waals surface area contributed by atoms with Crippen LogP contribution in [0.25, 0.3) is 0 Å². The Bertz CT molecular complexity index is 891. The number of nitrogens with one attached hydrogen (secondary N) is 3. The minimum absolute atomic E-state index is 0.262. The van der Waals surface area contributed by atoms with Crippen molar-refractivity contribution in [1.29, 1.82) is 0 Å². The summed E-state index contributed by atoms with van der Waals surface area (Å²) in [7, 11) is 0. The standard InChI is InChI=1S/C21H32N4O12/c1-10(26)12(3-7-16(29)30)23-20(36)14(5-9-18(33)34)25-21(37)13(4-8-17(31)32)24-19(35)11(22)2-6-15(27)28/h11-14H,2-9,22H2,1H3,(H,23,36)(H,24,35)(H,25,37)(H,27,28)(H,29,30)(H,31,32)(H,33,34)/t11-,12-,13-,14-/m0/s1. The van der Waals surface area contributed by atoms with Gasteiger partial charge in [0.1, 0.15) is 12.1 Å². The highest BCUT2D eigenvalue weighted by molar-refractivity contribution is 5.95. The molecule has 0 aromatic carbocycles. The molecule has 37 heavy (non-hydrogen) atoms. The van der Waals surface area contributed by atoms with Gasteiger partial charge in [-0.1, -0.05) is 0 Å². The second kappa shape index (κ2) is 16.6. The molecular weight excluding hydrogens is 500 g/mol. The SMILES string of the molecule is CC(=O)[C@H](CCC(=O)O)NC(=O)[C@H](CCC(=O)O)NC(=O)[C@H](CCC(=O)O)NC(=O)[C@@H](N)CCC(=O)O. The maximum atomic E-state index is 12.8. The molecule has 4 atom stereocenters. The van der Waals surface area contributed by atoms with Crippen LogP contribution in [-0.2, 0) is 38.4 Å². The average molecular weight is 533 g/mol. The second-order valence-electron chi connectivity index (χ2n) is 8.13. The van der Waals surface area contributed by atoms with Gasteiger partial charge >= 0.3 is 23.9 Å². The number of carbonyl (C=O) groups excluding carboxylic acids is 4. The van der Waals surface area contributed by atoms with Gasteiger partial charge in [-0.05, 0) is 32.6 Å². The minimum Gasteiger partial charge on any atom is -0.481 e. The summed E-state index contributed by atoms with van der Waals surface area (Å²) in [4.78, 5) is 93.2. The first-order chi connectivity index (χ1) is 17.1. The maximum Gasteiger partial charge on any atom is 0.303 e. The van der Waals surface area contributed by atoms with E-state index in [1.807, 2.05) is 0 Å². The fourth-order valence-corrected chi connectivity index (χ4v) is 2.95. The van der Waals surface area contributed by atoms with Crippen molar-refractivity contribution < 1.29 is 58.8 Å². The Hall–Kier alpha value is -4.08. The molecule has 0 unspecified atom stereocenters. The Morgan fingerprint density at radius 2 is 0.838 bits per heavy atom. The number of hydrogen-bond donors (Lipinski definition) is 8. The van der Waals surface area contributed by atoms with E-state index in [2.05, 4.69) is 16.0 Å². The van der Waals surface area contributed by atoms with Crippen molar-refractivity contribution in [2.75, 3.05) is 0 Å². The Balaban J connectivity index is 5.64.